The smallest absolute Gasteiger partial charge is 0.156 e. The van der Waals surface area contributed by atoms with Crippen LogP contribution in [0.25, 0.3) is 0 Å². The standard InChI is InChI=1S/C21H18ClFO2S/c1-14-6-12-17(13-7-14)26(25)19-5-3-2-4-18(19)20(23)21(24)15-8-10-16(22)11-9-15/h2-13,20-21,24H,1H3/t20-,21+,26-/m0/s1. The number of benzene rings is 3. The Kier molecular flexibility index (Phi) is 5.87. The minimum Gasteiger partial charge on any atom is -0.385 e. The van der Waals surface area contributed by atoms with Gasteiger partial charge in [0.05, 0.1) is 10.8 Å². The molecule has 0 fully saturated rings. The zero-order chi connectivity index (χ0) is 18.7. The van der Waals surface area contributed by atoms with Gasteiger partial charge in [-0.1, -0.05) is 59.6 Å². The summed E-state index contributed by atoms with van der Waals surface area (Å²) in [7, 11) is -1.54. The molecule has 3 atom stereocenters. The summed E-state index contributed by atoms with van der Waals surface area (Å²) in [5.41, 5.74) is 1.69. The number of aliphatic hydroxyl groups excluding tert-OH is 1. The molecule has 2 nitrogen and oxygen atoms in total. The second-order valence-corrected chi connectivity index (χ2v) is 7.90. The molecule has 0 aromatic heterocycles. The number of alkyl halides is 1. The summed E-state index contributed by atoms with van der Waals surface area (Å²) in [5.74, 6) is 0. The van der Waals surface area contributed by atoms with Gasteiger partial charge in [0, 0.05) is 20.4 Å². The number of hydrogen-bond acceptors (Lipinski definition) is 2. The lowest BCUT2D eigenvalue weighted by molar-refractivity contribution is 0.0760. The molecule has 0 saturated heterocycles. The maximum Gasteiger partial charge on any atom is 0.156 e. The summed E-state index contributed by atoms with van der Waals surface area (Å²) in [6, 6.07) is 20.2. The van der Waals surface area contributed by atoms with Gasteiger partial charge in [0.1, 0.15) is 6.10 Å². The molecule has 0 aliphatic rings. The Bertz CT molecular complexity index is 910. The minimum absolute atomic E-state index is 0.217. The lowest BCUT2D eigenvalue weighted by Crippen LogP contribution is -2.09. The molecule has 3 rings (SSSR count). The molecule has 0 spiro atoms. The fraction of sp³-hybridized carbons (Fsp3) is 0.143. The molecular weight excluding hydrogens is 371 g/mol. The van der Waals surface area contributed by atoms with Gasteiger partial charge in [0.25, 0.3) is 0 Å². The molecule has 0 amide bonds. The lowest BCUT2D eigenvalue weighted by atomic mass is 9.99. The fourth-order valence-corrected chi connectivity index (χ4v) is 4.03. The predicted octanol–water partition coefficient (Wildman–Crippen LogP) is 5.56. The van der Waals surface area contributed by atoms with Crippen molar-refractivity contribution in [2.45, 2.75) is 29.0 Å². The first-order valence-corrected chi connectivity index (χ1v) is 9.65. The Morgan fingerprint density at radius 1 is 0.962 bits per heavy atom. The van der Waals surface area contributed by atoms with Crippen LogP contribution in [0.5, 0.6) is 0 Å². The van der Waals surface area contributed by atoms with Crippen molar-refractivity contribution >= 4 is 22.4 Å². The third-order valence-electron chi connectivity index (χ3n) is 4.14. The molecule has 0 saturated carbocycles. The molecule has 3 aromatic rings. The number of rotatable bonds is 5. The summed E-state index contributed by atoms with van der Waals surface area (Å²) >= 11 is 5.84. The molecule has 0 aliphatic carbocycles. The van der Waals surface area contributed by atoms with E-state index in [1.807, 2.05) is 19.1 Å². The second kappa shape index (κ2) is 8.12. The topological polar surface area (TPSA) is 37.3 Å². The number of aryl methyl sites for hydroxylation is 1. The van der Waals surface area contributed by atoms with E-state index >= 15 is 4.39 Å². The van der Waals surface area contributed by atoms with E-state index in [-0.39, 0.29) is 5.56 Å². The first-order chi connectivity index (χ1) is 12.5. The lowest BCUT2D eigenvalue weighted by Gasteiger charge is -2.19. The Hall–Kier alpha value is -2.01. The Balaban J connectivity index is 1.94. The monoisotopic (exact) mass is 388 g/mol. The maximum absolute atomic E-state index is 15.1. The van der Waals surface area contributed by atoms with Gasteiger partial charge in [-0.25, -0.2) is 8.60 Å². The van der Waals surface area contributed by atoms with Crippen molar-refractivity contribution < 1.29 is 13.7 Å². The van der Waals surface area contributed by atoms with E-state index in [1.165, 1.54) is 0 Å². The van der Waals surface area contributed by atoms with E-state index in [0.29, 0.717) is 20.4 Å². The van der Waals surface area contributed by atoms with Gasteiger partial charge in [-0.3, -0.25) is 0 Å². The fourth-order valence-electron chi connectivity index (χ4n) is 2.67. The van der Waals surface area contributed by atoms with E-state index in [9.17, 15) is 9.32 Å². The average molecular weight is 389 g/mol. The summed E-state index contributed by atoms with van der Waals surface area (Å²) in [4.78, 5) is 0.952. The van der Waals surface area contributed by atoms with Gasteiger partial charge < -0.3 is 5.11 Å². The molecule has 0 aliphatic heterocycles. The van der Waals surface area contributed by atoms with E-state index in [1.54, 1.807) is 60.7 Å². The molecule has 5 heteroatoms. The Morgan fingerprint density at radius 3 is 2.23 bits per heavy atom. The van der Waals surface area contributed by atoms with Crippen molar-refractivity contribution in [1.82, 2.24) is 0 Å². The van der Waals surface area contributed by atoms with Gasteiger partial charge in [0.2, 0.25) is 0 Å². The Labute approximate surface area is 159 Å². The average Bonchev–Trinajstić information content (AvgIpc) is 2.67. The highest BCUT2D eigenvalue weighted by molar-refractivity contribution is 7.85. The normalized spacial score (nSPS) is 14.6. The zero-order valence-electron chi connectivity index (χ0n) is 14.1. The van der Waals surface area contributed by atoms with Gasteiger partial charge in [0.15, 0.2) is 6.17 Å². The number of halogens is 2. The summed E-state index contributed by atoms with van der Waals surface area (Å²) in [6.45, 7) is 1.95. The minimum atomic E-state index is -1.71. The quantitative estimate of drug-likeness (QED) is 0.621. The largest absolute Gasteiger partial charge is 0.385 e. The van der Waals surface area contributed by atoms with Crippen LogP contribution >= 0.6 is 11.6 Å². The first kappa shape index (κ1) is 18.8. The van der Waals surface area contributed by atoms with Gasteiger partial charge >= 0.3 is 0 Å². The van der Waals surface area contributed by atoms with Crippen LogP contribution in [-0.4, -0.2) is 9.32 Å². The third-order valence-corrected chi connectivity index (χ3v) is 5.86. The van der Waals surface area contributed by atoms with Crippen molar-refractivity contribution in [2.24, 2.45) is 0 Å². The molecule has 26 heavy (non-hydrogen) atoms. The highest BCUT2D eigenvalue weighted by Gasteiger charge is 2.26. The molecular formula is C21H18ClFO2S. The summed E-state index contributed by atoms with van der Waals surface area (Å²) < 4.78 is 28.0. The molecule has 3 aromatic carbocycles. The summed E-state index contributed by atoms with van der Waals surface area (Å²) in [6.07, 6.45) is -3.08. The van der Waals surface area contributed by atoms with Crippen LogP contribution in [0.2, 0.25) is 5.02 Å². The SMILES string of the molecule is Cc1ccc([S@](=O)c2ccccc2[C@H](F)[C@H](O)c2ccc(Cl)cc2)cc1. The van der Waals surface area contributed by atoms with Crippen LogP contribution in [0, 0.1) is 6.92 Å². The van der Waals surface area contributed by atoms with Crippen LogP contribution in [0.4, 0.5) is 4.39 Å². The van der Waals surface area contributed by atoms with Gasteiger partial charge in [-0.15, -0.1) is 0 Å². The van der Waals surface area contributed by atoms with Crippen molar-refractivity contribution in [3.63, 3.8) is 0 Å². The van der Waals surface area contributed by atoms with Crippen molar-refractivity contribution in [3.8, 4) is 0 Å². The first-order valence-electron chi connectivity index (χ1n) is 8.12. The molecule has 0 bridgehead atoms. The maximum atomic E-state index is 15.1. The number of hydrogen-bond donors (Lipinski definition) is 1. The van der Waals surface area contributed by atoms with Crippen LogP contribution < -0.4 is 0 Å². The Morgan fingerprint density at radius 2 is 1.58 bits per heavy atom. The van der Waals surface area contributed by atoms with Gasteiger partial charge in [-0.2, -0.15) is 0 Å². The molecule has 0 radical (unpaired) electrons. The van der Waals surface area contributed by atoms with Gasteiger partial charge in [-0.05, 0) is 42.8 Å². The van der Waals surface area contributed by atoms with Crippen LogP contribution in [-0.2, 0) is 10.8 Å². The summed E-state index contributed by atoms with van der Waals surface area (Å²) in [5, 5.41) is 10.9. The second-order valence-electron chi connectivity index (χ2n) is 6.02. The van der Waals surface area contributed by atoms with Crippen molar-refractivity contribution in [2.75, 3.05) is 0 Å². The van der Waals surface area contributed by atoms with E-state index in [0.717, 1.165) is 5.56 Å². The molecule has 0 unspecified atom stereocenters. The van der Waals surface area contributed by atoms with E-state index in [4.69, 9.17) is 11.6 Å². The van der Waals surface area contributed by atoms with Crippen LogP contribution in [0.1, 0.15) is 29.0 Å². The van der Waals surface area contributed by atoms with Crippen molar-refractivity contribution in [1.29, 1.82) is 0 Å². The van der Waals surface area contributed by atoms with Crippen LogP contribution in [0.3, 0.4) is 0 Å². The zero-order valence-corrected chi connectivity index (χ0v) is 15.7. The number of aliphatic hydroxyl groups is 1. The molecule has 0 heterocycles. The highest BCUT2D eigenvalue weighted by atomic mass is 35.5. The predicted molar refractivity (Wildman–Crippen MR) is 103 cm³/mol. The van der Waals surface area contributed by atoms with Crippen molar-refractivity contribution in [3.05, 3.63) is 94.5 Å². The van der Waals surface area contributed by atoms with E-state index in [2.05, 4.69) is 0 Å². The molecule has 1 N–H and O–H groups in total. The molecule has 134 valence electrons. The van der Waals surface area contributed by atoms with Crippen LogP contribution in [0.15, 0.2) is 82.6 Å². The van der Waals surface area contributed by atoms with E-state index < -0.39 is 23.1 Å². The highest BCUT2D eigenvalue weighted by Crippen LogP contribution is 2.36. The third kappa shape index (κ3) is 4.04.